The first-order chi connectivity index (χ1) is 24.9. The summed E-state index contributed by atoms with van der Waals surface area (Å²) in [5.74, 6) is -0.282. The van der Waals surface area contributed by atoms with Gasteiger partial charge in [-0.1, -0.05) is 145 Å². The van der Waals surface area contributed by atoms with Crippen molar-refractivity contribution in [3.05, 3.63) is 74.1 Å². The van der Waals surface area contributed by atoms with Gasteiger partial charge in [0.1, 0.15) is 19.8 Å². The number of thiazole rings is 1. The van der Waals surface area contributed by atoms with Crippen LogP contribution in [0.25, 0.3) is 10.6 Å². The van der Waals surface area contributed by atoms with Gasteiger partial charge in [-0.15, -0.1) is 16.4 Å². The lowest BCUT2D eigenvalue weighted by Gasteiger charge is -2.11. The number of fused-ring (bicyclic) bond motifs is 1. The smallest absolute Gasteiger partial charge is 0.320 e. The Labute approximate surface area is 310 Å². The van der Waals surface area contributed by atoms with E-state index in [2.05, 4.69) is 22.7 Å². The summed E-state index contributed by atoms with van der Waals surface area (Å²) in [4.78, 5) is 43.7. The lowest BCUT2D eigenvalue weighted by atomic mass is 10.0. The number of unbranched alkanes of at least 4 members (excludes halogenated alkanes) is 15. The van der Waals surface area contributed by atoms with Gasteiger partial charge in [0.15, 0.2) is 5.84 Å². The number of amidine groups is 1. The number of benzene rings is 2. The van der Waals surface area contributed by atoms with Crippen LogP contribution in [0.1, 0.15) is 110 Å². The highest BCUT2D eigenvalue weighted by Crippen LogP contribution is 2.45. The van der Waals surface area contributed by atoms with Crippen molar-refractivity contribution in [3.8, 4) is 0 Å². The molecular formula is C40H54N6O3S2. The molecule has 2 aliphatic rings. The summed E-state index contributed by atoms with van der Waals surface area (Å²) >= 11 is 2.78. The van der Waals surface area contributed by atoms with E-state index >= 15 is 0 Å². The Balaban J connectivity index is 1.14. The molecule has 3 amide bonds. The first-order valence-electron chi connectivity index (χ1n) is 18.9. The van der Waals surface area contributed by atoms with Crippen LogP contribution in [-0.2, 0) is 11.8 Å². The molecular weight excluding hydrogens is 677 g/mol. The van der Waals surface area contributed by atoms with E-state index in [-0.39, 0.29) is 17.0 Å². The van der Waals surface area contributed by atoms with Gasteiger partial charge in [-0.3, -0.25) is 14.9 Å². The highest BCUT2D eigenvalue weighted by molar-refractivity contribution is 8.08. The van der Waals surface area contributed by atoms with Crippen molar-refractivity contribution in [2.75, 3.05) is 23.5 Å². The second-order valence-electron chi connectivity index (χ2n) is 13.5. The fraction of sp³-hybridized carbons (Fsp3) is 0.500. The highest BCUT2D eigenvalue weighted by atomic mass is 32.2. The van der Waals surface area contributed by atoms with E-state index in [1.54, 1.807) is 19.2 Å². The zero-order valence-electron chi connectivity index (χ0n) is 30.5. The Hall–Kier alpha value is -3.83. The van der Waals surface area contributed by atoms with Crippen molar-refractivity contribution in [2.24, 2.45) is 12.1 Å². The molecule has 2 N–H and O–H groups in total. The van der Waals surface area contributed by atoms with Crippen LogP contribution in [-0.4, -0.2) is 35.9 Å². The molecule has 9 nitrogen and oxygen atoms in total. The number of hydrazone groups is 1. The van der Waals surface area contributed by atoms with Crippen molar-refractivity contribution < 1.29 is 9.59 Å². The molecule has 3 heterocycles. The molecule has 0 radical (unpaired) electrons. The van der Waals surface area contributed by atoms with Crippen molar-refractivity contribution >= 4 is 62.8 Å². The Morgan fingerprint density at radius 2 is 1.31 bits per heavy atom. The van der Waals surface area contributed by atoms with Gasteiger partial charge in [-0.05, 0) is 30.7 Å². The third-order valence-corrected chi connectivity index (χ3v) is 12.1. The monoisotopic (exact) mass is 730 g/mol. The molecule has 0 atom stereocenters. The first-order valence-corrected chi connectivity index (χ1v) is 20.5. The molecule has 0 saturated heterocycles. The minimum atomic E-state index is -0.424. The van der Waals surface area contributed by atoms with Crippen LogP contribution < -0.4 is 35.3 Å². The van der Waals surface area contributed by atoms with Gasteiger partial charge in [-0.2, -0.15) is 5.01 Å². The number of para-hydroxylation sites is 2. The zero-order chi connectivity index (χ0) is 36.0. The summed E-state index contributed by atoms with van der Waals surface area (Å²) in [6.45, 7) is 2.81. The SMILES string of the molecule is CCCCCCCCCCCCCCCCCCNC(=O)NC1=NN(c2ccccc2)C(=O)C1=c1sc(=C2Sc3ccccc3N2C)c(=O)n1C. The molecule has 0 unspecified atom stereocenters. The number of amides is 3. The number of hydrogen-bond donors (Lipinski definition) is 2. The fourth-order valence-electron chi connectivity index (χ4n) is 6.56. The van der Waals surface area contributed by atoms with E-state index < -0.39 is 11.9 Å². The van der Waals surface area contributed by atoms with Crippen molar-refractivity contribution in [2.45, 2.75) is 115 Å². The lowest BCUT2D eigenvalue weighted by Crippen LogP contribution is -2.42. The van der Waals surface area contributed by atoms with Crippen molar-refractivity contribution in [1.29, 1.82) is 0 Å². The lowest BCUT2D eigenvalue weighted by molar-refractivity contribution is -0.112. The van der Waals surface area contributed by atoms with E-state index in [9.17, 15) is 14.4 Å². The van der Waals surface area contributed by atoms with Gasteiger partial charge in [0.25, 0.3) is 11.5 Å². The van der Waals surface area contributed by atoms with E-state index in [1.807, 2.05) is 54.4 Å². The summed E-state index contributed by atoms with van der Waals surface area (Å²) in [6.07, 6.45) is 20.7. The Kier molecular flexibility index (Phi) is 14.8. The predicted octanol–water partition coefficient (Wildman–Crippen LogP) is 7.83. The standard InChI is InChI=1S/C40H54N6O3S2/c1-4-5-6-7-8-9-10-11-12-13-14-15-16-17-18-24-29-41-40(49)42-35-33(36(47)46(43-35)30-25-20-19-21-26-30)38-45(3)37(48)34(51-38)39-44(2)31-27-22-23-28-32(31)50-39/h19-23,25-28H,4-18,24,29H2,1-3H3,(H2,41,42,43,49). The molecule has 2 aromatic carbocycles. The van der Waals surface area contributed by atoms with Crippen LogP contribution in [0.3, 0.4) is 0 Å². The predicted molar refractivity (Wildman–Crippen MR) is 214 cm³/mol. The topological polar surface area (TPSA) is 99.0 Å². The number of nitrogens with zero attached hydrogens (tertiary/aromatic N) is 4. The van der Waals surface area contributed by atoms with Crippen molar-refractivity contribution in [3.63, 3.8) is 0 Å². The molecule has 3 aromatic rings. The molecule has 274 valence electrons. The minimum absolute atomic E-state index is 0.123. The van der Waals surface area contributed by atoms with Gasteiger partial charge in [-0.25, -0.2) is 4.79 Å². The summed E-state index contributed by atoms with van der Waals surface area (Å²) in [5.41, 5.74) is 1.58. The zero-order valence-corrected chi connectivity index (χ0v) is 32.2. The molecule has 0 fully saturated rings. The number of hydrogen-bond acceptors (Lipinski definition) is 7. The summed E-state index contributed by atoms with van der Waals surface area (Å²) in [7, 11) is 3.60. The van der Waals surface area contributed by atoms with Gasteiger partial charge in [0.2, 0.25) is 0 Å². The van der Waals surface area contributed by atoms with E-state index in [0.29, 0.717) is 21.4 Å². The largest absolute Gasteiger partial charge is 0.338 e. The van der Waals surface area contributed by atoms with Gasteiger partial charge in [0.05, 0.1) is 11.4 Å². The molecule has 51 heavy (non-hydrogen) atoms. The molecule has 2 aliphatic heterocycles. The second-order valence-corrected chi connectivity index (χ2v) is 15.5. The average molecular weight is 731 g/mol. The van der Waals surface area contributed by atoms with Gasteiger partial charge >= 0.3 is 6.03 Å². The maximum Gasteiger partial charge on any atom is 0.320 e. The highest BCUT2D eigenvalue weighted by Gasteiger charge is 2.35. The quantitative estimate of drug-likeness (QED) is 0.130. The Morgan fingerprint density at radius 1 is 0.745 bits per heavy atom. The number of anilines is 2. The number of carbonyl (C=O) groups excluding carboxylic acids is 2. The van der Waals surface area contributed by atoms with Crippen molar-refractivity contribution in [1.82, 2.24) is 15.2 Å². The fourth-order valence-corrected chi connectivity index (χ4v) is 9.04. The maximum atomic E-state index is 13.9. The number of carbonyl (C=O) groups is 2. The van der Waals surface area contributed by atoms with Gasteiger partial charge in [0, 0.05) is 25.5 Å². The van der Waals surface area contributed by atoms with Crippen LogP contribution in [0.2, 0.25) is 0 Å². The third-order valence-electron chi connectivity index (χ3n) is 9.54. The molecule has 0 bridgehead atoms. The normalized spacial score (nSPS) is 16.1. The van der Waals surface area contributed by atoms with E-state index in [0.717, 1.165) is 28.5 Å². The van der Waals surface area contributed by atoms with E-state index in [1.165, 1.54) is 123 Å². The summed E-state index contributed by atoms with van der Waals surface area (Å²) in [6, 6.07) is 16.7. The third kappa shape index (κ3) is 10.2. The van der Waals surface area contributed by atoms with Crippen LogP contribution >= 0.6 is 23.1 Å². The first kappa shape index (κ1) is 38.4. The molecule has 0 saturated carbocycles. The molecule has 0 spiro atoms. The summed E-state index contributed by atoms with van der Waals surface area (Å²) < 4.78 is 2.45. The Morgan fingerprint density at radius 3 is 1.92 bits per heavy atom. The Bertz CT molecular complexity index is 1830. The van der Waals surface area contributed by atoms with Crippen LogP contribution in [0.5, 0.6) is 0 Å². The maximum absolute atomic E-state index is 13.9. The number of urea groups is 1. The minimum Gasteiger partial charge on any atom is -0.338 e. The van der Waals surface area contributed by atoms with Crippen LogP contribution in [0.15, 0.2) is 69.4 Å². The average Bonchev–Trinajstić information content (AvgIpc) is 3.75. The molecule has 0 aliphatic carbocycles. The number of thioether (sulfide) groups is 1. The van der Waals surface area contributed by atoms with Crippen LogP contribution in [0, 0.1) is 0 Å². The second kappa shape index (κ2) is 19.7. The van der Waals surface area contributed by atoms with Gasteiger partial charge < -0.3 is 14.8 Å². The number of nitrogens with one attached hydrogen (secondary N) is 2. The number of aromatic nitrogens is 1. The van der Waals surface area contributed by atoms with Crippen LogP contribution in [0.4, 0.5) is 16.2 Å². The number of rotatable bonds is 18. The molecule has 11 heteroatoms. The summed E-state index contributed by atoms with van der Waals surface area (Å²) in [5, 5.41) is 12.4. The molecule has 1 aromatic heterocycles. The van der Waals surface area contributed by atoms with E-state index in [4.69, 9.17) is 0 Å². The molecule has 5 rings (SSSR count).